The Balaban J connectivity index is 1.82. The van der Waals surface area contributed by atoms with Gasteiger partial charge in [-0.1, -0.05) is 26.7 Å². The molecule has 0 aliphatic heterocycles. The summed E-state index contributed by atoms with van der Waals surface area (Å²) in [4.78, 5) is 29.3. The van der Waals surface area contributed by atoms with Crippen molar-refractivity contribution in [3.8, 4) is 5.75 Å². The summed E-state index contributed by atoms with van der Waals surface area (Å²) in [5, 5.41) is 15.6. The molecule has 3 aromatic heterocycles. The number of aryl methyl sites for hydroxylation is 1. The summed E-state index contributed by atoms with van der Waals surface area (Å²) in [7, 11) is 0. The predicted octanol–water partition coefficient (Wildman–Crippen LogP) is 3.42. The van der Waals surface area contributed by atoms with Crippen LogP contribution < -0.4 is 5.43 Å². The molecule has 3 heterocycles. The number of hydrogen-bond acceptors (Lipinski definition) is 5. The maximum absolute atomic E-state index is 12.4. The van der Waals surface area contributed by atoms with Gasteiger partial charge in [0.25, 0.3) is 5.43 Å². The van der Waals surface area contributed by atoms with Gasteiger partial charge in [-0.3, -0.25) is 14.3 Å². The lowest BCUT2D eigenvalue weighted by Gasteiger charge is -2.32. The van der Waals surface area contributed by atoms with Crippen molar-refractivity contribution < 1.29 is 9.90 Å². The molecular weight excluding hydrogens is 368 g/mol. The van der Waals surface area contributed by atoms with Gasteiger partial charge in [0.1, 0.15) is 5.65 Å². The Hall–Kier alpha value is -2.96. The second-order valence-corrected chi connectivity index (χ2v) is 8.40. The average molecular weight is 394 g/mol. The average Bonchev–Trinajstić information content (AvgIpc) is 3.30. The van der Waals surface area contributed by atoms with Crippen LogP contribution in [-0.2, 0) is 12.1 Å². The van der Waals surface area contributed by atoms with Gasteiger partial charge in [0, 0.05) is 23.7 Å². The maximum Gasteiger partial charge on any atom is 0.252 e. The molecule has 3 aromatic rings. The molecule has 7 heteroatoms. The van der Waals surface area contributed by atoms with Gasteiger partial charge in [0.05, 0.1) is 18.3 Å². The first kappa shape index (κ1) is 19.4. The number of hydrogen-bond donors (Lipinski definition) is 1. The Labute approximate surface area is 169 Å². The molecular formula is C22H26N4O3. The van der Waals surface area contributed by atoms with Gasteiger partial charge in [0.15, 0.2) is 17.2 Å². The molecule has 0 spiro atoms. The molecule has 0 unspecified atom stereocenters. The number of ketones is 1. The highest BCUT2D eigenvalue weighted by Crippen LogP contribution is 2.40. The van der Waals surface area contributed by atoms with E-state index in [-0.39, 0.29) is 22.9 Å². The zero-order valence-corrected chi connectivity index (χ0v) is 17.1. The van der Waals surface area contributed by atoms with Gasteiger partial charge in [0.2, 0.25) is 0 Å². The fourth-order valence-corrected chi connectivity index (χ4v) is 4.43. The summed E-state index contributed by atoms with van der Waals surface area (Å²) in [5.74, 6) is -1.17. The topological polar surface area (TPSA) is 90.0 Å². The molecule has 1 aliphatic rings. The third kappa shape index (κ3) is 3.24. The van der Waals surface area contributed by atoms with Crippen molar-refractivity contribution in [1.82, 2.24) is 19.3 Å². The SMILES string of the molecule is Cc1cn(C2(Cn3cc(O)c(=O)c(C(=O)C(C)C)n3)CCCC2)c2ncccc12. The summed E-state index contributed by atoms with van der Waals surface area (Å²) in [6.45, 7) is 5.97. The highest BCUT2D eigenvalue weighted by Gasteiger charge is 2.38. The molecule has 0 atom stereocenters. The van der Waals surface area contributed by atoms with Crippen molar-refractivity contribution in [2.45, 2.75) is 58.5 Å². The van der Waals surface area contributed by atoms with Crippen LogP contribution in [0, 0.1) is 12.8 Å². The summed E-state index contributed by atoms with van der Waals surface area (Å²) in [6.07, 6.45) is 9.30. The minimum absolute atomic E-state index is 0.195. The molecule has 1 aliphatic carbocycles. The monoisotopic (exact) mass is 394 g/mol. The van der Waals surface area contributed by atoms with E-state index >= 15 is 0 Å². The maximum atomic E-state index is 12.4. The standard InChI is InChI=1S/C22H26N4O3/c1-14(2)19(28)18-20(29)17(27)12-25(24-18)13-22(8-4-5-9-22)26-11-15(3)16-7-6-10-23-21(16)26/h6-7,10-12,14,27H,4-5,8-9,13H2,1-3H3. The number of fused-ring (bicyclic) bond motifs is 1. The first-order chi connectivity index (χ1) is 13.8. The lowest BCUT2D eigenvalue weighted by Crippen LogP contribution is -2.37. The second-order valence-electron chi connectivity index (χ2n) is 8.40. The molecule has 7 nitrogen and oxygen atoms in total. The van der Waals surface area contributed by atoms with E-state index in [9.17, 15) is 14.7 Å². The van der Waals surface area contributed by atoms with Crippen LogP contribution in [0.25, 0.3) is 11.0 Å². The van der Waals surface area contributed by atoms with Gasteiger partial charge in [-0.25, -0.2) is 4.98 Å². The Morgan fingerprint density at radius 1 is 1.28 bits per heavy atom. The molecule has 29 heavy (non-hydrogen) atoms. The molecule has 4 rings (SSSR count). The highest BCUT2D eigenvalue weighted by molar-refractivity contribution is 5.95. The summed E-state index contributed by atoms with van der Waals surface area (Å²) >= 11 is 0. The minimum atomic E-state index is -0.704. The van der Waals surface area contributed by atoms with Crippen LogP contribution in [0.5, 0.6) is 5.75 Å². The number of aromatic hydroxyl groups is 1. The molecule has 0 aromatic carbocycles. The van der Waals surface area contributed by atoms with Crippen LogP contribution in [0.3, 0.4) is 0 Å². The van der Waals surface area contributed by atoms with Crippen molar-refractivity contribution in [3.63, 3.8) is 0 Å². The van der Waals surface area contributed by atoms with Crippen LogP contribution in [-0.4, -0.2) is 30.2 Å². The molecule has 1 fully saturated rings. The van der Waals surface area contributed by atoms with E-state index in [1.54, 1.807) is 24.7 Å². The van der Waals surface area contributed by atoms with Crippen LogP contribution in [0.15, 0.2) is 35.5 Å². The Morgan fingerprint density at radius 2 is 2.00 bits per heavy atom. The van der Waals surface area contributed by atoms with E-state index in [2.05, 4.69) is 33.8 Å². The van der Waals surface area contributed by atoms with Gasteiger partial charge >= 0.3 is 0 Å². The van der Waals surface area contributed by atoms with E-state index in [0.717, 1.165) is 42.3 Å². The van der Waals surface area contributed by atoms with E-state index in [1.165, 1.54) is 6.20 Å². The predicted molar refractivity (Wildman–Crippen MR) is 110 cm³/mol. The molecule has 152 valence electrons. The Morgan fingerprint density at radius 3 is 2.69 bits per heavy atom. The lowest BCUT2D eigenvalue weighted by molar-refractivity contribution is 0.0928. The lowest BCUT2D eigenvalue weighted by atomic mass is 9.97. The van der Waals surface area contributed by atoms with E-state index in [0.29, 0.717) is 6.54 Å². The van der Waals surface area contributed by atoms with Crippen LogP contribution >= 0.6 is 0 Å². The molecule has 1 saturated carbocycles. The van der Waals surface area contributed by atoms with Gasteiger partial charge in [-0.05, 0) is 37.5 Å². The molecule has 0 saturated heterocycles. The van der Waals surface area contributed by atoms with Gasteiger partial charge in [-0.2, -0.15) is 5.10 Å². The highest BCUT2D eigenvalue weighted by atomic mass is 16.3. The van der Waals surface area contributed by atoms with E-state index in [4.69, 9.17) is 0 Å². The number of carbonyl (C=O) groups excluding carboxylic acids is 1. The minimum Gasteiger partial charge on any atom is -0.503 e. The number of aromatic nitrogens is 4. The Kier molecular flexibility index (Phi) is 4.76. The molecule has 0 radical (unpaired) electrons. The zero-order chi connectivity index (χ0) is 20.8. The van der Waals surface area contributed by atoms with E-state index in [1.807, 2.05) is 6.07 Å². The van der Waals surface area contributed by atoms with E-state index < -0.39 is 11.2 Å². The van der Waals surface area contributed by atoms with Crippen LogP contribution in [0.4, 0.5) is 0 Å². The van der Waals surface area contributed by atoms with Crippen molar-refractivity contribution in [2.24, 2.45) is 5.92 Å². The Bertz CT molecular complexity index is 1140. The number of Topliss-reactive ketones (excluding diaryl/α,β-unsaturated/α-hetero) is 1. The number of rotatable bonds is 5. The van der Waals surface area contributed by atoms with Crippen molar-refractivity contribution >= 4 is 16.8 Å². The van der Waals surface area contributed by atoms with Gasteiger partial charge in [-0.15, -0.1) is 0 Å². The number of nitrogens with zero attached hydrogens (tertiary/aromatic N) is 4. The quantitative estimate of drug-likeness (QED) is 0.670. The summed E-state index contributed by atoms with van der Waals surface area (Å²) < 4.78 is 3.78. The normalized spacial score (nSPS) is 16.0. The smallest absolute Gasteiger partial charge is 0.252 e. The van der Waals surface area contributed by atoms with Crippen molar-refractivity contribution in [2.75, 3.05) is 0 Å². The van der Waals surface area contributed by atoms with Crippen LogP contribution in [0.2, 0.25) is 0 Å². The summed E-state index contributed by atoms with van der Waals surface area (Å²) in [5.41, 5.74) is 0.915. The number of pyridine rings is 1. The fourth-order valence-electron chi connectivity index (χ4n) is 4.43. The first-order valence-electron chi connectivity index (χ1n) is 10.1. The van der Waals surface area contributed by atoms with Crippen molar-refractivity contribution in [1.29, 1.82) is 0 Å². The third-order valence-corrected chi connectivity index (χ3v) is 5.97. The van der Waals surface area contributed by atoms with Gasteiger partial charge < -0.3 is 9.67 Å². The third-order valence-electron chi connectivity index (χ3n) is 5.97. The number of carbonyl (C=O) groups is 1. The molecule has 1 N–H and O–H groups in total. The zero-order valence-electron chi connectivity index (χ0n) is 17.1. The largest absolute Gasteiger partial charge is 0.503 e. The van der Waals surface area contributed by atoms with Crippen LogP contribution in [0.1, 0.15) is 55.6 Å². The second kappa shape index (κ2) is 7.13. The molecule has 0 amide bonds. The molecule has 0 bridgehead atoms. The fraction of sp³-hybridized carbons (Fsp3) is 0.455. The summed E-state index contributed by atoms with van der Waals surface area (Å²) in [6, 6.07) is 4.01. The first-order valence-corrected chi connectivity index (χ1v) is 10.1. The van der Waals surface area contributed by atoms with Crippen molar-refractivity contribution in [3.05, 3.63) is 52.2 Å².